The number of hydrogen-bond donors (Lipinski definition) is 3. The summed E-state index contributed by atoms with van der Waals surface area (Å²) in [6.45, 7) is 7.83. The van der Waals surface area contributed by atoms with Gasteiger partial charge in [-0.25, -0.2) is 0 Å². The predicted molar refractivity (Wildman–Crippen MR) is 79.1 cm³/mol. The zero-order valence-corrected chi connectivity index (χ0v) is 13.2. The fraction of sp³-hybridized carbons (Fsp3) is 1.00. The molecule has 0 amide bonds. The minimum Gasteiger partial charge on any atom is -0.325 e. The molecule has 0 aliphatic rings. The molecule has 0 bridgehead atoms. The van der Waals surface area contributed by atoms with E-state index in [1.807, 2.05) is 0 Å². The second-order valence-corrected chi connectivity index (χ2v) is 6.38. The number of hydrogen-bond acceptors (Lipinski definition) is 2. The van der Waals surface area contributed by atoms with E-state index in [1.165, 1.54) is 64.5 Å². The fourth-order valence-electron chi connectivity index (χ4n) is 1.48. The third-order valence-corrected chi connectivity index (χ3v) is 2.41. The maximum Gasteiger partial charge on any atom is 0.322 e. The molecule has 0 aromatic heterocycles. The fourth-order valence-corrected chi connectivity index (χ4v) is 1.48. The average Bonchev–Trinajstić information content (AvgIpc) is 2.25. The maximum atomic E-state index is 9.33. The molecule has 0 aromatic carbocycles. The molecule has 0 heterocycles. The first-order valence-electron chi connectivity index (χ1n) is 7.15. The smallest absolute Gasteiger partial charge is 0.322 e. The van der Waals surface area contributed by atoms with Crippen LogP contribution in [0.4, 0.5) is 0 Å². The normalized spacial score (nSPS) is 10.9. The van der Waals surface area contributed by atoms with Crippen LogP contribution in [0, 0.1) is 0 Å². The van der Waals surface area contributed by atoms with Crippen LogP contribution >= 0.6 is 7.60 Å². The van der Waals surface area contributed by atoms with Crippen LogP contribution in [0.3, 0.4) is 0 Å². The highest BCUT2D eigenvalue weighted by Gasteiger charge is 1.95. The molecule has 0 atom stereocenters. The molecular weight excluding hydrogens is 249 g/mol. The summed E-state index contributed by atoms with van der Waals surface area (Å²) in [5.74, 6) is 0. The monoisotopic (exact) mass is 281 g/mol. The molecule has 3 N–H and O–H groups in total. The number of unbranched alkanes of at least 4 members (excludes halogenated alkanes) is 6. The topological polar surface area (TPSA) is 69.6 Å². The first kappa shape index (κ1) is 20.4. The van der Waals surface area contributed by atoms with Crippen molar-refractivity contribution in [1.82, 2.24) is 5.32 Å². The minimum absolute atomic E-state index is 0.854. The van der Waals surface area contributed by atoms with Gasteiger partial charge in [-0.05, 0) is 25.9 Å². The molecular formula is C13H32NO3P. The first-order chi connectivity index (χ1) is 8.41. The lowest BCUT2D eigenvalue weighted by Crippen LogP contribution is -2.16. The van der Waals surface area contributed by atoms with Gasteiger partial charge in [0.2, 0.25) is 0 Å². The molecule has 5 heteroatoms. The van der Waals surface area contributed by atoms with Crippen molar-refractivity contribution in [3.63, 3.8) is 0 Å². The molecule has 0 saturated heterocycles. The van der Waals surface area contributed by atoms with Crippen LogP contribution < -0.4 is 5.32 Å². The van der Waals surface area contributed by atoms with Crippen LogP contribution in [0.2, 0.25) is 0 Å². The highest BCUT2D eigenvalue weighted by molar-refractivity contribution is 7.50. The van der Waals surface area contributed by atoms with Crippen molar-refractivity contribution in [3.05, 3.63) is 0 Å². The molecule has 0 unspecified atom stereocenters. The van der Waals surface area contributed by atoms with Gasteiger partial charge in [-0.1, -0.05) is 52.4 Å². The van der Waals surface area contributed by atoms with Crippen LogP contribution in [-0.4, -0.2) is 29.5 Å². The summed E-state index contributed by atoms with van der Waals surface area (Å²) in [6, 6.07) is 0. The highest BCUT2D eigenvalue weighted by Crippen LogP contribution is 2.26. The van der Waals surface area contributed by atoms with Gasteiger partial charge in [-0.3, -0.25) is 4.57 Å². The van der Waals surface area contributed by atoms with E-state index in [4.69, 9.17) is 9.79 Å². The summed E-state index contributed by atoms with van der Waals surface area (Å²) in [6.07, 6.45) is 11.0. The van der Waals surface area contributed by atoms with E-state index < -0.39 is 7.60 Å². The zero-order valence-electron chi connectivity index (χ0n) is 12.3. The molecule has 0 radical (unpaired) electrons. The third-order valence-electron chi connectivity index (χ3n) is 2.41. The van der Waals surface area contributed by atoms with Crippen molar-refractivity contribution >= 4 is 7.60 Å². The lowest BCUT2D eigenvalue weighted by molar-refractivity contribution is 0.381. The Labute approximate surface area is 113 Å². The van der Waals surface area contributed by atoms with E-state index in [-0.39, 0.29) is 0 Å². The molecule has 0 aliphatic heterocycles. The van der Waals surface area contributed by atoms with Gasteiger partial charge in [0.1, 0.15) is 0 Å². The SMILES string of the molecule is CCCCCCNCCCCCC.CP(=O)(O)O. The standard InChI is InChI=1S/C12H27N.CH5O3P/c1-3-5-7-9-11-13-12-10-8-6-4-2;1-5(2,3)4/h13H,3-12H2,1-2H3;1H3,(H2,2,3,4). The van der Waals surface area contributed by atoms with Crippen LogP contribution in [-0.2, 0) is 4.57 Å². The van der Waals surface area contributed by atoms with Crippen molar-refractivity contribution < 1.29 is 14.4 Å². The quantitative estimate of drug-likeness (QED) is 0.423. The molecule has 0 spiro atoms. The largest absolute Gasteiger partial charge is 0.325 e. The maximum absolute atomic E-state index is 9.33. The average molecular weight is 281 g/mol. The van der Waals surface area contributed by atoms with Crippen LogP contribution in [0.25, 0.3) is 0 Å². The predicted octanol–water partition coefficient (Wildman–Crippen LogP) is 3.53. The second kappa shape index (κ2) is 15.2. The van der Waals surface area contributed by atoms with Crippen LogP contribution in [0.1, 0.15) is 65.2 Å². The van der Waals surface area contributed by atoms with Crippen molar-refractivity contribution in [2.75, 3.05) is 19.8 Å². The van der Waals surface area contributed by atoms with Gasteiger partial charge < -0.3 is 15.1 Å². The van der Waals surface area contributed by atoms with E-state index in [0.29, 0.717) is 0 Å². The third kappa shape index (κ3) is 36.0. The van der Waals surface area contributed by atoms with Crippen molar-refractivity contribution in [3.8, 4) is 0 Å². The Morgan fingerprint density at radius 2 is 1.17 bits per heavy atom. The lowest BCUT2D eigenvalue weighted by Gasteiger charge is -2.03. The summed E-state index contributed by atoms with van der Waals surface area (Å²) in [5.41, 5.74) is 0. The van der Waals surface area contributed by atoms with Gasteiger partial charge in [-0.2, -0.15) is 0 Å². The molecule has 0 aromatic rings. The van der Waals surface area contributed by atoms with Gasteiger partial charge >= 0.3 is 7.60 Å². The Kier molecular flexibility index (Phi) is 17.2. The Hall–Kier alpha value is 0.110. The Morgan fingerprint density at radius 3 is 1.44 bits per heavy atom. The minimum atomic E-state index is -3.64. The van der Waals surface area contributed by atoms with E-state index >= 15 is 0 Å². The lowest BCUT2D eigenvalue weighted by atomic mass is 10.2. The zero-order chi connectivity index (χ0) is 14.3. The summed E-state index contributed by atoms with van der Waals surface area (Å²) in [5, 5.41) is 3.50. The van der Waals surface area contributed by atoms with Gasteiger partial charge in [-0.15, -0.1) is 0 Å². The molecule has 0 saturated carbocycles. The van der Waals surface area contributed by atoms with Crippen molar-refractivity contribution in [2.24, 2.45) is 0 Å². The Bertz CT molecular complexity index is 176. The van der Waals surface area contributed by atoms with Crippen LogP contribution in [0.5, 0.6) is 0 Å². The highest BCUT2D eigenvalue weighted by atomic mass is 31.2. The summed E-state index contributed by atoms with van der Waals surface area (Å²) in [7, 11) is -3.64. The Morgan fingerprint density at radius 1 is 0.833 bits per heavy atom. The molecule has 112 valence electrons. The molecule has 0 fully saturated rings. The first-order valence-corrected chi connectivity index (χ1v) is 9.21. The van der Waals surface area contributed by atoms with Crippen molar-refractivity contribution in [2.45, 2.75) is 65.2 Å². The Balaban J connectivity index is 0. The number of nitrogens with one attached hydrogen (secondary N) is 1. The van der Waals surface area contributed by atoms with Gasteiger partial charge in [0.05, 0.1) is 0 Å². The summed E-state index contributed by atoms with van der Waals surface area (Å²) in [4.78, 5) is 15.3. The van der Waals surface area contributed by atoms with Crippen LogP contribution in [0.15, 0.2) is 0 Å². The molecule has 0 rings (SSSR count). The van der Waals surface area contributed by atoms with E-state index in [1.54, 1.807) is 0 Å². The van der Waals surface area contributed by atoms with E-state index in [0.717, 1.165) is 6.66 Å². The second-order valence-electron chi connectivity index (χ2n) is 4.71. The molecule has 18 heavy (non-hydrogen) atoms. The molecule has 4 nitrogen and oxygen atoms in total. The van der Waals surface area contributed by atoms with E-state index in [9.17, 15) is 4.57 Å². The van der Waals surface area contributed by atoms with E-state index in [2.05, 4.69) is 19.2 Å². The van der Waals surface area contributed by atoms with Gasteiger partial charge in [0, 0.05) is 6.66 Å². The summed E-state index contributed by atoms with van der Waals surface area (Å²) >= 11 is 0. The van der Waals surface area contributed by atoms with Gasteiger partial charge in [0.15, 0.2) is 0 Å². The summed E-state index contributed by atoms with van der Waals surface area (Å²) < 4.78 is 9.33. The van der Waals surface area contributed by atoms with Gasteiger partial charge in [0.25, 0.3) is 0 Å². The van der Waals surface area contributed by atoms with Crippen molar-refractivity contribution in [1.29, 1.82) is 0 Å². The molecule has 0 aliphatic carbocycles. The number of rotatable bonds is 10.